The van der Waals surface area contributed by atoms with E-state index >= 15 is 0 Å². The molecule has 0 spiro atoms. The van der Waals surface area contributed by atoms with Gasteiger partial charge < -0.3 is 9.80 Å². The number of aryl methyl sites for hydroxylation is 3. The number of hydrogen-bond donors (Lipinski definition) is 1. The Labute approximate surface area is 193 Å². The number of sulfonamides is 1. The fourth-order valence-corrected chi connectivity index (χ4v) is 6.28. The summed E-state index contributed by atoms with van der Waals surface area (Å²) in [6.45, 7) is 14.5. The maximum atomic E-state index is 13.4. The zero-order valence-corrected chi connectivity index (χ0v) is 21.4. The standard InChI is InChI=1S/C24H39N3O4S/c1-8-9-10-21(28)27-12-11-26(15-20(27)7)24(29)22(16(2)3)25-32(30,31)23-18(5)13-17(4)14-19(23)6/h13-14,16,20,22,25H,8-12,15H2,1-7H3. The average Bonchev–Trinajstić information content (AvgIpc) is 2.68. The zero-order valence-electron chi connectivity index (χ0n) is 20.6. The highest BCUT2D eigenvalue weighted by molar-refractivity contribution is 7.89. The summed E-state index contributed by atoms with van der Waals surface area (Å²) in [6.07, 6.45) is 2.35. The van der Waals surface area contributed by atoms with E-state index in [9.17, 15) is 18.0 Å². The van der Waals surface area contributed by atoms with Crippen LogP contribution in [0.2, 0.25) is 0 Å². The highest BCUT2D eigenvalue weighted by Gasteiger charge is 2.36. The van der Waals surface area contributed by atoms with E-state index in [1.807, 2.05) is 44.7 Å². The predicted octanol–water partition coefficient (Wildman–Crippen LogP) is 3.16. The van der Waals surface area contributed by atoms with Crippen LogP contribution in [0.1, 0.15) is 63.6 Å². The van der Waals surface area contributed by atoms with E-state index in [1.165, 1.54) is 0 Å². The van der Waals surface area contributed by atoms with Gasteiger partial charge in [-0.05, 0) is 51.2 Å². The summed E-state index contributed by atoms with van der Waals surface area (Å²) >= 11 is 0. The SMILES string of the molecule is CCCCC(=O)N1CCN(C(=O)C(NS(=O)(=O)c2c(C)cc(C)cc2C)C(C)C)CC1C. The molecule has 2 atom stereocenters. The number of rotatable bonds is 8. The minimum Gasteiger partial charge on any atom is -0.337 e. The molecule has 1 aromatic carbocycles. The van der Waals surface area contributed by atoms with Gasteiger partial charge in [0.15, 0.2) is 0 Å². The van der Waals surface area contributed by atoms with Crippen LogP contribution >= 0.6 is 0 Å². The van der Waals surface area contributed by atoms with Crippen molar-refractivity contribution in [3.8, 4) is 0 Å². The van der Waals surface area contributed by atoms with Gasteiger partial charge in [-0.25, -0.2) is 8.42 Å². The highest BCUT2D eigenvalue weighted by atomic mass is 32.2. The van der Waals surface area contributed by atoms with Crippen LogP contribution in [0.3, 0.4) is 0 Å². The van der Waals surface area contributed by atoms with E-state index < -0.39 is 16.1 Å². The maximum Gasteiger partial charge on any atom is 0.241 e. The van der Waals surface area contributed by atoms with Crippen molar-refractivity contribution in [3.63, 3.8) is 0 Å². The molecule has 7 nitrogen and oxygen atoms in total. The van der Waals surface area contributed by atoms with E-state index in [0.717, 1.165) is 18.4 Å². The molecule has 1 saturated heterocycles. The molecule has 2 rings (SSSR count). The fraction of sp³-hybridized carbons (Fsp3) is 0.667. The van der Waals surface area contributed by atoms with Crippen molar-refractivity contribution < 1.29 is 18.0 Å². The number of carbonyl (C=O) groups excluding carboxylic acids is 2. The number of unbranched alkanes of at least 4 members (excludes halogenated alkanes) is 1. The summed E-state index contributed by atoms with van der Waals surface area (Å²) in [5.74, 6) is -0.334. The second kappa shape index (κ2) is 10.8. The van der Waals surface area contributed by atoms with E-state index in [-0.39, 0.29) is 28.7 Å². The Morgan fingerprint density at radius 2 is 1.72 bits per heavy atom. The average molecular weight is 466 g/mol. The Bertz CT molecular complexity index is 920. The molecule has 0 aliphatic carbocycles. The van der Waals surface area contributed by atoms with Crippen LogP contribution in [0.4, 0.5) is 0 Å². The second-order valence-electron chi connectivity index (χ2n) is 9.39. The number of benzene rings is 1. The summed E-state index contributed by atoms with van der Waals surface area (Å²) in [5.41, 5.74) is 2.33. The lowest BCUT2D eigenvalue weighted by molar-refractivity contribution is -0.144. The molecule has 1 aliphatic heterocycles. The lowest BCUT2D eigenvalue weighted by Gasteiger charge is -2.41. The van der Waals surface area contributed by atoms with E-state index in [1.54, 1.807) is 18.7 Å². The largest absolute Gasteiger partial charge is 0.337 e. The Hall–Kier alpha value is -1.93. The van der Waals surface area contributed by atoms with Gasteiger partial charge in [0.1, 0.15) is 6.04 Å². The van der Waals surface area contributed by atoms with Crippen LogP contribution in [0.25, 0.3) is 0 Å². The molecule has 1 heterocycles. The van der Waals surface area contributed by atoms with Crippen molar-refractivity contribution in [3.05, 3.63) is 28.8 Å². The number of nitrogens with one attached hydrogen (secondary N) is 1. The minimum atomic E-state index is -3.88. The first-order valence-electron chi connectivity index (χ1n) is 11.6. The van der Waals surface area contributed by atoms with Crippen molar-refractivity contribution in [2.45, 2.75) is 84.7 Å². The van der Waals surface area contributed by atoms with Crippen LogP contribution in [-0.4, -0.2) is 61.7 Å². The molecule has 0 aromatic heterocycles. The molecule has 0 saturated carbocycles. The van der Waals surface area contributed by atoms with Crippen molar-refractivity contribution in [2.75, 3.05) is 19.6 Å². The molecule has 2 unspecified atom stereocenters. The summed E-state index contributed by atoms with van der Waals surface area (Å²) in [6, 6.07) is 2.71. The smallest absolute Gasteiger partial charge is 0.241 e. The molecule has 1 aliphatic rings. The lowest BCUT2D eigenvalue weighted by Crippen LogP contribution is -2.59. The number of piperazine rings is 1. The zero-order chi connectivity index (χ0) is 24.2. The topological polar surface area (TPSA) is 86.8 Å². The first-order valence-corrected chi connectivity index (χ1v) is 13.1. The Balaban J connectivity index is 2.18. The van der Waals surface area contributed by atoms with Gasteiger partial charge in [0.05, 0.1) is 4.90 Å². The van der Waals surface area contributed by atoms with Gasteiger partial charge in [0, 0.05) is 32.1 Å². The molecular formula is C24H39N3O4S. The summed E-state index contributed by atoms with van der Waals surface area (Å²) in [5, 5.41) is 0. The first kappa shape index (κ1) is 26.3. The van der Waals surface area contributed by atoms with Gasteiger partial charge >= 0.3 is 0 Å². The van der Waals surface area contributed by atoms with Gasteiger partial charge in [-0.3, -0.25) is 9.59 Å². The van der Waals surface area contributed by atoms with Crippen molar-refractivity contribution in [2.24, 2.45) is 5.92 Å². The van der Waals surface area contributed by atoms with Gasteiger partial charge in [-0.2, -0.15) is 4.72 Å². The summed E-state index contributed by atoms with van der Waals surface area (Å²) < 4.78 is 29.2. The third kappa shape index (κ3) is 6.10. The van der Waals surface area contributed by atoms with Crippen molar-refractivity contribution in [1.82, 2.24) is 14.5 Å². The van der Waals surface area contributed by atoms with Crippen LogP contribution in [0.15, 0.2) is 17.0 Å². The number of amides is 2. The Kier molecular flexibility index (Phi) is 8.88. The van der Waals surface area contributed by atoms with E-state index in [2.05, 4.69) is 11.6 Å². The molecule has 2 amide bonds. The third-order valence-corrected chi connectivity index (χ3v) is 7.84. The van der Waals surface area contributed by atoms with E-state index in [0.29, 0.717) is 37.2 Å². The number of carbonyl (C=O) groups is 2. The summed E-state index contributed by atoms with van der Waals surface area (Å²) in [4.78, 5) is 29.6. The molecule has 0 bridgehead atoms. The number of hydrogen-bond acceptors (Lipinski definition) is 4. The van der Waals surface area contributed by atoms with Gasteiger partial charge in [-0.15, -0.1) is 0 Å². The number of nitrogens with zero attached hydrogens (tertiary/aromatic N) is 2. The molecule has 32 heavy (non-hydrogen) atoms. The normalized spacial score (nSPS) is 18.2. The maximum absolute atomic E-state index is 13.4. The molecule has 1 N–H and O–H groups in total. The quantitative estimate of drug-likeness (QED) is 0.639. The van der Waals surface area contributed by atoms with Crippen LogP contribution in [-0.2, 0) is 19.6 Å². The predicted molar refractivity (Wildman–Crippen MR) is 127 cm³/mol. The van der Waals surface area contributed by atoms with Gasteiger partial charge in [-0.1, -0.05) is 44.9 Å². The molecule has 1 fully saturated rings. The van der Waals surface area contributed by atoms with Crippen molar-refractivity contribution in [1.29, 1.82) is 0 Å². The Morgan fingerprint density at radius 3 is 2.22 bits per heavy atom. The monoisotopic (exact) mass is 465 g/mol. The fourth-order valence-electron chi connectivity index (χ4n) is 4.48. The highest BCUT2D eigenvalue weighted by Crippen LogP contribution is 2.23. The molecule has 0 radical (unpaired) electrons. The Morgan fingerprint density at radius 1 is 1.12 bits per heavy atom. The second-order valence-corrected chi connectivity index (χ2v) is 11.0. The molecule has 8 heteroatoms. The van der Waals surface area contributed by atoms with Crippen LogP contribution in [0, 0.1) is 26.7 Å². The lowest BCUT2D eigenvalue weighted by atomic mass is 10.0. The third-order valence-electron chi connectivity index (χ3n) is 6.09. The van der Waals surface area contributed by atoms with Gasteiger partial charge in [0.25, 0.3) is 0 Å². The minimum absolute atomic E-state index is 0.0944. The first-order chi connectivity index (χ1) is 14.9. The van der Waals surface area contributed by atoms with Gasteiger partial charge in [0.2, 0.25) is 21.8 Å². The van der Waals surface area contributed by atoms with Crippen LogP contribution < -0.4 is 4.72 Å². The van der Waals surface area contributed by atoms with E-state index in [4.69, 9.17) is 0 Å². The molecule has 180 valence electrons. The van der Waals surface area contributed by atoms with Crippen LogP contribution in [0.5, 0.6) is 0 Å². The molecule has 1 aromatic rings. The molecular weight excluding hydrogens is 426 g/mol. The summed E-state index contributed by atoms with van der Waals surface area (Å²) in [7, 11) is -3.88. The van der Waals surface area contributed by atoms with Crippen molar-refractivity contribution >= 4 is 21.8 Å².